The number of anilines is 1. The first-order valence-corrected chi connectivity index (χ1v) is 11.9. The fourth-order valence-corrected chi connectivity index (χ4v) is 6.21. The van der Waals surface area contributed by atoms with Crippen molar-refractivity contribution in [1.82, 2.24) is 10.6 Å². The normalized spacial score (nSPS) is 28.9. The molecule has 1 aromatic rings. The van der Waals surface area contributed by atoms with E-state index < -0.39 is 58.4 Å². The Morgan fingerprint density at radius 2 is 1.68 bits per heavy atom. The van der Waals surface area contributed by atoms with E-state index in [1.807, 2.05) is 44.2 Å². The predicted octanol–water partition coefficient (Wildman–Crippen LogP) is 3.46. The summed E-state index contributed by atoms with van der Waals surface area (Å²) in [4.78, 5) is 37.9. The van der Waals surface area contributed by atoms with Gasteiger partial charge in [0.05, 0.1) is 5.92 Å². The number of thiocarbonyl (C=S) groups is 1. The van der Waals surface area contributed by atoms with Crippen molar-refractivity contribution < 1.29 is 29.3 Å². The summed E-state index contributed by atoms with van der Waals surface area (Å²) >= 11 is 5.52. The Bertz CT molecular complexity index is 975. The topological polar surface area (TPSA) is 137 Å². The molecule has 2 saturated carbocycles. The lowest BCUT2D eigenvalue weighted by Gasteiger charge is -2.49. The van der Waals surface area contributed by atoms with E-state index in [0.717, 1.165) is 5.69 Å². The first-order valence-electron chi connectivity index (χ1n) is 11.4. The lowest BCUT2D eigenvalue weighted by atomic mass is 9.62. The van der Waals surface area contributed by atoms with Crippen LogP contribution in [0.5, 0.6) is 0 Å². The Kier molecular flexibility index (Phi) is 6.85. The van der Waals surface area contributed by atoms with Crippen LogP contribution in [0.1, 0.15) is 47.5 Å². The molecule has 0 aliphatic heterocycles. The zero-order chi connectivity index (χ0) is 25.5. The number of hydrogen-bond donors (Lipinski definition) is 5. The summed E-state index contributed by atoms with van der Waals surface area (Å²) in [5, 5.41) is 29.6. The number of aliphatic carboxylic acids is 2. The molecule has 186 valence electrons. The molecule has 10 heteroatoms. The predicted molar refractivity (Wildman–Crippen MR) is 130 cm³/mol. The van der Waals surface area contributed by atoms with E-state index in [-0.39, 0.29) is 5.11 Å². The molecule has 3 rings (SSSR count). The van der Waals surface area contributed by atoms with Crippen molar-refractivity contribution in [2.24, 2.45) is 23.2 Å². The van der Waals surface area contributed by atoms with Crippen LogP contribution in [0.4, 0.5) is 10.5 Å². The zero-order valence-corrected chi connectivity index (χ0v) is 20.9. The van der Waals surface area contributed by atoms with E-state index in [9.17, 15) is 24.6 Å². The Hall–Kier alpha value is -2.88. The molecular formula is C24H33N3O6S. The van der Waals surface area contributed by atoms with Crippen LogP contribution in [-0.2, 0) is 14.3 Å². The first-order chi connectivity index (χ1) is 15.8. The van der Waals surface area contributed by atoms with Crippen LogP contribution in [0.2, 0.25) is 0 Å². The average molecular weight is 492 g/mol. The highest BCUT2D eigenvalue weighted by atomic mass is 32.1. The van der Waals surface area contributed by atoms with Gasteiger partial charge in [0.2, 0.25) is 0 Å². The SMILES string of the molecule is CCC1(CC)C(NC(=S)Nc2ccccc2)C2C(C(=O)O)C2C1(NC(=O)OC(C)(C)C)C(=O)O. The molecule has 9 nitrogen and oxygen atoms in total. The second kappa shape index (κ2) is 9.05. The van der Waals surface area contributed by atoms with Gasteiger partial charge in [-0.15, -0.1) is 0 Å². The molecule has 0 radical (unpaired) electrons. The van der Waals surface area contributed by atoms with E-state index >= 15 is 0 Å². The molecule has 0 heterocycles. The number of ether oxygens (including phenoxy) is 1. The minimum Gasteiger partial charge on any atom is -0.481 e. The quantitative estimate of drug-likeness (QED) is 0.363. The summed E-state index contributed by atoms with van der Waals surface area (Å²) in [6.07, 6.45) is -0.144. The van der Waals surface area contributed by atoms with E-state index in [0.29, 0.717) is 12.8 Å². The third kappa shape index (κ3) is 4.19. The highest BCUT2D eigenvalue weighted by Crippen LogP contribution is 2.71. The number of rotatable bonds is 7. The van der Waals surface area contributed by atoms with Crippen LogP contribution in [0.15, 0.2) is 30.3 Å². The van der Waals surface area contributed by atoms with Crippen molar-refractivity contribution in [3.8, 4) is 0 Å². The monoisotopic (exact) mass is 491 g/mol. The molecule has 2 fully saturated rings. The van der Waals surface area contributed by atoms with Crippen molar-refractivity contribution in [2.75, 3.05) is 5.32 Å². The van der Waals surface area contributed by atoms with Crippen LogP contribution in [0, 0.1) is 23.2 Å². The molecule has 5 N–H and O–H groups in total. The molecule has 5 atom stereocenters. The molecular weight excluding hydrogens is 458 g/mol. The zero-order valence-electron chi connectivity index (χ0n) is 20.0. The average Bonchev–Trinajstić information content (AvgIpc) is 3.43. The molecule has 0 saturated heterocycles. The van der Waals surface area contributed by atoms with Crippen molar-refractivity contribution >= 4 is 41.0 Å². The molecule has 1 amide bonds. The first kappa shape index (κ1) is 25.7. The maximum absolute atomic E-state index is 12.9. The van der Waals surface area contributed by atoms with Gasteiger partial charge in [-0.2, -0.15) is 0 Å². The van der Waals surface area contributed by atoms with Crippen molar-refractivity contribution in [3.63, 3.8) is 0 Å². The Labute approximate surface area is 204 Å². The van der Waals surface area contributed by atoms with Gasteiger partial charge in [0.15, 0.2) is 10.7 Å². The molecule has 2 aliphatic rings. The summed E-state index contributed by atoms with van der Waals surface area (Å²) in [5.74, 6) is -4.65. The fourth-order valence-electron chi connectivity index (χ4n) is 5.96. The van der Waals surface area contributed by atoms with Crippen LogP contribution >= 0.6 is 12.2 Å². The van der Waals surface area contributed by atoms with Gasteiger partial charge in [0, 0.05) is 23.1 Å². The summed E-state index contributed by atoms with van der Waals surface area (Å²) in [5.41, 5.74) is -2.96. The number of carbonyl (C=O) groups excluding carboxylic acids is 1. The van der Waals surface area contributed by atoms with Crippen LogP contribution in [-0.4, -0.2) is 50.5 Å². The number of benzene rings is 1. The highest BCUT2D eigenvalue weighted by molar-refractivity contribution is 7.80. The number of carboxylic acids is 2. The number of amides is 1. The van der Waals surface area contributed by atoms with Gasteiger partial charge in [-0.1, -0.05) is 32.0 Å². The van der Waals surface area contributed by atoms with Crippen LogP contribution in [0.3, 0.4) is 0 Å². The van der Waals surface area contributed by atoms with E-state index in [1.54, 1.807) is 20.8 Å². The highest BCUT2D eigenvalue weighted by Gasteiger charge is 2.84. The van der Waals surface area contributed by atoms with Gasteiger partial charge in [-0.05, 0) is 63.9 Å². The number of hydrogen-bond acceptors (Lipinski definition) is 5. The van der Waals surface area contributed by atoms with Gasteiger partial charge in [0.1, 0.15) is 5.60 Å². The third-order valence-electron chi connectivity index (χ3n) is 7.24. The minimum absolute atomic E-state index is 0.260. The molecule has 34 heavy (non-hydrogen) atoms. The second-order valence-corrected chi connectivity index (χ2v) is 10.4. The minimum atomic E-state index is -1.84. The lowest BCUT2D eigenvalue weighted by molar-refractivity contribution is -0.155. The van der Waals surface area contributed by atoms with Crippen molar-refractivity contribution in [1.29, 1.82) is 0 Å². The largest absolute Gasteiger partial charge is 0.481 e. The molecule has 0 aromatic heterocycles. The number of alkyl carbamates (subject to hydrolysis) is 1. The van der Waals surface area contributed by atoms with Gasteiger partial charge in [-0.25, -0.2) is 9.59 Å². The van der Waals surface area contributed by atoms with E-state index in [4.69, 9.17) is 17.0 Å². The van der Waals surface area contributed by atoms with Gasteiger partial charge < -0.3 is 30.9 Å². The number of carbonyl (C=O) groups is 3. The lowest BCUT2D eigenvalue weighted by Crippen LogP contribution is -2.69. The van der Waals surface area contributed by atoms with Crippen LogP contribution in [0.25, 0.3) is 0 Å². The van der Waals surface area contributed by atoms with Gasteiger partial charge in [0.25, 0.3) is 0 Å². The molecule has 5 unspecified atom stereocenters. The van der Waals surface area contributed by atoms with Crippen molar-refractivity contribution in [2.45, 2.75) is 64.6 Å². The van der Waals surface area contributed by atoms with Crippen molar-refractivity contribution in [3.05, 3.63) is 30.3 Å². The fraction of sp³-hybridized carbons (Fsp3) is 0.583. The number of carboxylic acid groups (broad SMARTS) is 2. The third-order valence-corrected chi connectivity index (χ3v) is 7.46. The van der Waals surface area contributed by atoms with E-state index in [2.05, 4.69) is 16.0 Å². The number of para-hydroxylation sites is 1. The van der Waals surface area contributed by atoms with E-state index in [1.165, 1.54) is 0 Å². The Balaban J connectivity index is 2.02. The molecule has 0 spiro atoms. The smallest absolute Gasteiger partial charge is 0.408 e. The van der Waals surface area contributed by atoms with Crippen LogP contribution < -0.4 is 16.0 Å². The van der Waals surface area contributed by atoms with Gasteiger partial charge >= 0.3 is 18.0 Å². The number of nitrogens with one attached hydrogen (secondary N) is 3. The Morgan fingerprint density at radius 3 is 2.15 bits per heavy atom. The maximum atomic E-state index is 12.9. The summed E-state index contributed by atoms with van der Waals surface area (Å²) in [6, 6.07) is 8.64. The summed E-state index contributed by atoms with van der Waals surface area (Å²) in [6.45, 7) is 8.74. The standard InChI is InChI=1S/C24H33N3O6S/c1-6-23(7-2)17(26-20(34)25-13-11-9-8-10-12-13)14-15(18(28)29)16(14)24(23,19(30)31)27-21(32)33-22(3,4)5/h8-12,14-17H,6-7H2,1-5H3,(H,27,32)(H,28,29)(H,30,31)(H2,25,26,34). The summed E-state index contributed by atoms with van der Waals surface area (Å²) < 4.78 is 5.40. The van der Waals surface area contributed by atoms with Gasteiger partial charge in [-0.3, -0.25) is 4.79 Å². The molecule has 2 aliphatic carbocycles. The maximum Gasteiger partial charge on any atom is 0.408 e. The molecule has 1 aromatic carbocycles. The summed E-state index contributed by atoms with van der Waals surface area (Å²) in [7, 11) is 0. The molecule has 0 bridgehead atoms. The number of fused-ring (bicyclic) bond motifs is 1. The Morgan fingerprint density at radius 1 is 1.09 bits per heavy atom. The second-order valence-electron chi connectivity index (χ2n) is 10.0.